The highest BCUT2D eigenvalue weighted by Gasteiger charge is 2.20. The van der Waals surface area contributed by atoms with Gasteiger partial charge in [0, 0.05) is 12.8 Å². The third-order valence-corrected chi connectivity index (χ3v) is 18.7. The highest BCUT2D eigenvalue weighted by molar-refractivity contribution is 5.76. The van der Waals surface area contributed by atoms with Crippen LogP contribution < -0.4 is 5.32 Å². The summed E-state index contributed by atoms with van der Waals surface area (Å²) in [6.45, 7) is 4.97. The molecule has 87 heavy (non-hydrogen) atoms. The molecule has 0 saturated carbocycles. The van der Waals surface area contributed by atoms with Crippen molar-refractivity contribution >= 4 is 11.9 Å². The number of aliphatic hydroxyl groups is 2. The molecule has 0 aliphatic heterocycles. The number of nitrogens with one attached hydrogen (secondary N) is 1. The molecule has 1 amide bonds. The van der Waals surface area contributed by atoms with E-state index in [0.717, 1.165) is 51.4 Å². The van der Waals surface area contributed by atoms with Crippen LogP contribution in [0.25, 0.3) is 0 Å². The van der Waals surface area contributed by atoms with E-state index in [0.29, 0.717) is 25.9 Å². The quantitative estimate of drug-likeness (QED) is 0.0320. The van der Waals surface area contributed by atoms with Crippen molar-refractivity contribution in [2.75, 3.05) is 13.2 Å². The predicted octanol–water partition coefficient (Wildman–Crippen LogP) is 26.2. The molecule has 0 aliphatic rings. The van der Waals surface area contributed by atoms with E-state index in [1.807, 2.05) is 0 Å². The first-order valence-electron chi connectivity index (χ1n) is 39.7. The fourth-order valence-electron chi connectivity index (χ4n) is 12.6. The molecule has 0 aromatic heterocycles. The summed E-state index contributed by atoms with van der Waals surface area (Å²) in [5, 5.41) is 23.3. The molecule has 0 rings (SSSR count). The van der Waals surface area contributed by atoms with Crippen LogP contribution in [-0.4, -0.2) is 47.4 Å². The van der Waals surface area contributed by atoms with Crippen molar-refractivity contribution in [3.8, 4) is 0 Å². The Morgan fingerprint density at radius 3 is 0.897 bits per heavy atom. The number of rotatable bonds is 75. The SMILES string of the molecule is CCCCCC/C=C\C/C=C\CCCCCCCCCC(=O)OCCCCCCCCCCCCCCCCCCCC/C=C\CCCCCCCCCCCCCCCCCCCC(=O)NC(CO)C(O)CCCCCCCCCCCCCCC. The van der Waals surface area contributed by atoms with Gasteiger partial charge in [0.15, 0.2) is 0 Å². The molecule has 0 fully saturated rings. The maximum Gasteiger partial charge on any atom is 0.305 e. The lowest BCUT2D eigenvalue weighted by Crippen LogP contribution is -2.45. The average Bonchev–Trinajstić information content (AvgIpc) is 3.54. The highest BCUT2D eigenvalue weighted by atomic mass is 16.5. The summed E-state index contributed by atoms with van der Waals surface area (Å²) in [4.78, 5) is 24.6. The maximum atomic E-state index is 12.5. The molecule has 0 aromatic rings. The second kappa shape index (κ2) is 76.5. The summed E-state index contributed by atoms with van der Waals surface area (Å²) in [5.41, 5.74) is 0. The summed E-state index contributed by atoms with van der Waals surface area (Å²) >= 11 is 0. The topological polar surface area (TPSA) is 95.9 Å². The van der Waals surface area contributed by atoms with Crippen LogP contribution in [0.4, 0.5) is 0 Å². The smallest absolute Gasteiger partial charge is 0.305 e. The Labute approximate surface area is 544 Å². The van der Waals surface area contributed by atoms with Gasteiger partial charge in [0.25, 0.3) is 0 Å². The molecule has 514 valence electrons. The molecule has 0 saturated heterocycles. The number of aliphatic hydroxyl groups excluding tert-OH is 2. The summed E-state index contributed by atoms with van der Waals surface area (Å²) in [6, 6.07) is -0.537. The molecule has 2 unspecified atom stereocenters. The molecule has 2 atom stereocenters. The molecule has 6 heteroatoms. The zero-order valence-electron chi connectivity index (χ0n) is 59.0. The molecule has 0 aliphatic carbocycles. The zero-order chi connectivity index (χ0) is 62.8. The summed E-state index contributed by atoms with van der Waals surface area (Å²) in [6.07, 6.45) is 99.6. The maximum absolute atomic E-state index is 12.5. The van der Waals surface area contributed by atoms with Crippen LogP contribution in [0.1, 0.15) is 444 Å². The van der Waals surface area contributed by atoms with Gasteiger partial charge in [-0.15, -0.1) is 0 Å². The number of esters is 1. The first-order valence-corrected chi connectivity index (χ1v) is 39.7. The number of hydrogen-bond donors (Lipinski definition) is 3. The Balaban J connectivity index is 3.30. The van der Waals surface area contributed by atoms with Crippen molar-refractivity contribution < 1.29 is 24.5 Å². The third-order valence-electron chi connectivity index (χ3n) is 18.7. The van der Waals surface area contributed by atoms with Crippen LogP contribution in [0.5, 0.6) is 0 Å². The van der Waals surface area contributed by atoms with Crippen molar-refractivity contribution in [1.29, 1.82) is 0 Å². The monoisotopic (exact) mass is 1220 g/mol. The lowest BCUT2D eigenvalue weighted by molar-refractivity contribution is -0.143. The van der Waals surface area contributed by atoms with Crippen LogP contribution in [0.15, 0.2) is 36.5 Å². The lowest BCUT2D eigenvalue weighted by Gasteiger charge is -2.22. The number of carbonyl (C=O) groups excluding carboxylic acids is 2. The van der Waals surface area contributed by atoms with Gasteiger partial charge in [-0.05, 0) is 83.5 Å². The molecular formula is C81H155NO5. The van der Waals surface area contributed by atoms with E-state index in [4.69, 9.17) is 4.74 Å². The molecule has 0 aromatic carbocycles. The Kier molecular flexibility index (Phi) is 74.8. The van der Waals surface area contributed by atoms with Crippen molar-refractivity contribution in [1.82, 2.24) is 5.32 Å². The standard InChI is InChI=1S/C81H155NO5/c1-3-5-7-9-11-13-15-17-18-19-44-47-51-55-59-63-67-71-75-81(86)87-76-72-68-64-60-56-52-48-45-42-40-38-36-34-32-30-28-26-24-22-20-21-23-25-27-29-31-33-35-37-39-41-43-46-50-54-58-62-66-70-74-80(85)82-78(77-83)79(84)73-69-65-61-57-53-49-16-14-12-10-8-6-4-2/h13,15,18-21,78-79,83-84H,3-12,14,16-17,22-77H2,1-2H3,(H,82,85)/b15-13-,19-18-,21-20-. The predicted molar refractivity (Wildman–Crippen MR) is 384 cm³/mol. The van der Waals surface area contributed by atoms with Gasteiger partial charge >= 0.3 is 5.97 Å². The van der Waals surface area contributed by atoms with Gasteiger partial charge in [-0.1, -0.05) is 384 Å². The van der Waals surface area contributed by atoms with Gasteiger partial charge in [0.2, 0.25) is 5.91 Å². The Bertz CT molecular complexity index is 1410. The molecule has 6 nitrogen and oxygen atoms in total. The van der Waals surface area contributed by atoms with Gasteiger partial charge in [0.05, 0.1) is 25.4 Å². The van der Waals surface area contributed by atoms with E-state index in [9.17, 15) is 19.8 Å². The van der Waals surface area contributed by atoms with E-state index in [-0.39, 0.29) is 18.5 Å². The number of carbonyl (C=O) groups is 2. The fourth-order valence-corrected chi connectivity index (χ4v) is 12.6. The van der Waals surface area contributed by atoms with Gasteiger partial charge in [-0.3, -0.25) is 9.59 Å². The number of allylic oxidation sites excluding steroid dienone is 6. The van der Waals surface area contributed by atoms with E-state index in [1.54, 1.807) is 0 Å². The number of hydrogen-bond acceptors (Lipinski definition) is 5. The van der Waals surface area contributed by atoms with E-state index in [1.165, 1.54) is 360 Å². The van der Waals surface area contributed by atoms with Crippen LogP contribution in [0, 0.1) is 0 Å². The van der Waals surface area contributed by atoms with Crippen LogP contribution in [0.2, 0.25) is 0 Å². The summed E-state index contributed by atoms with van der Waals surface area (Å²) < 4.78 is 5.51. The number of amides is 1. The molecule has 0 spiro atoms. The minimum absolute atomic E-state index is 0.0157. The van der Waals surface area contributed by atoms with Gasteiger partial charge < -0.3 is 20.3 Å². The molecule has 3 N–H and O–H groups in total. The Morgan fingerprint density at radius 1 is 0.322 bits per heavy atom. The van der Waals surface area contributed by atoms with Crippen LogP contribution in [0.3, 0.4) is 0 Å². The zero-order valence-corrected chi connectivity index (χ0v) is 59.0. The lowest BCUT2D eigenvalue weighted by atomic mass is 10.0. The molecule has 0 bridgehead atoms. The molecular weight excluding hydrogens is 1070 g/mol. The van der Waals surface area contributed by atoms with E-state index in [2.05, 4.69) is 55.6 Å². The minimum Gasteiger partial charge on any atom is -0.466 e. The second-order valence-corrected chi connectivity index (χ2v) is 27.4. The van der Waals surface area contributed by atoms with E-state index < -0.39 is 12.1 Å². The van der Waals surface area contributed by atoms with Crippen LogP contribution >= 0.6 is 0 Å². The summed E-state index contributed by atoms with van der Waals surface area (Å²) in [7, 11) is 0. The van der Waals surface area contributed by atoms with E-state index >= 15 is 0 Å². The van der Waals surface area contributed by atoms with Gasteiger partial charge in [-0.2, -0.15) is 0 Å². The van der Waals surface area contributed by atoms with Crippen molar-refractivity contribution in [2.24, 2.45) is 0 Å². The second-order valence-electron chi connectivity index (χ2n) is 27.4. The van der Waals surface area contributed by atoms with Crippen molar-refractivity contribution in [3.63, 3.8) is 0 Å². The van der Waals surface area contributed by atoms with Gasteiger partial charge in [-0.25, -0.2) is 0 Å². The molecule has 0 radical (unpaired) electrons. The Morgan fingerprint density at radius 2 is 0.575 bits per heavy atom. The first kappa shape index (κ1) is 85.1. The van der Waals surface area contributed by atoms with Gasteiger partial charge in [0.1, 0.15) is 0 Å². The number of unbranched alkanes of at least 4 members (excludes halogenated alkanes) is 58. The summed E-state index contributed by atoms with van der Waals surface area (Å²) in [5.74, 6) is -0.0126. The Hall–Kier alpha value is -1.92. The first-order chi connectivity index (χ1) is 43.0. The fraction of sp³-hybridized carbons (Fsp3) is 0.901. The van der Waals surface area contributed by atoms with Crippen LogP contribution in [-0.2, 0) is 14.3 Å². The van der Waals surface area contributed by atoms with Crippen molar-refractivity contribution in [3.05, 3.63) is 36.5 Å². The molecule has 0 heterocycles. The third kappa shape index (κ3) is 73.0. The van der Waals surface area contributed by atoms with Crippen molar-refractivity contribution in [2.45, 2.75) is 456 Å². The number of ether oxygens (including phenoxy) is 1. The largest absolute Gasteiger partial charge is 0.466 e. The average molecular weight is 1220 g/mol. The highest BCUT2D eigenvalue weighted by Crippen LogP contribution is 2.20. The normalized spacial score (nSPS) is 12.6. The minimum atomic E-state index is -0.660.